The monoisotopic (exact) mass is 316 g/mol. The van der Waals surface area contributed by atoms with Crippen LogP contribution in [-0.2, 0) is 6.18 Å². The Kier molecular flexibility index (Phi) is 4.22. The average Bonchev–Trinajstić information content (AvgIpc) is 2.40. The molecule has 0 fully saturated rings. The fraction of sp³-hybridized carbons (Fsp3) is 0.0714. The molecule has 21 heavy (non-hydrogen) atoms. The molecule has 110 valence electrons. The van der Waals surface area contributed by atoms with Gasteiger partial charge in [0, 0.05) is 9.79 Å². The number of benzene rings is 2. The van der Waals surface area contributed by atoms with Crippen molar-refractivity contribution in [3.05, 3.63) is 59.4 Å². The first-order chi connectivity index (χ1) is 9.77. The normalized spacial score (nSPS) is 11.4. The Hall–Kier alpha value is -2.02. The van der Waals surface area contributed by atoms with Crippen molar-refractivity contribution in [3.63, 3.8) is 0 Å². The molecule has 0 spiro atoms. The molecule has 0 unspecified atom stereocenters. The van der Waals surface area contributed by atoms with E-state index in [4.69, 9.17) is 5.11 Å². The van der Waals surface area contributed by atoms with Crippen LogP contribution in [0.4, 0.5) is 17.6 Å². The average molecular weight is 316 g/mol. The highest BCUT2D eigenvalue weighted by molar-refractivity contribution is 7.99. The molecular formula is C14H8F4O2S. The Morgan fingerprint density at radius 1 is 1.05 bits per heavy atom. The van der Waals surface area contributed by atoms with Gasteiger partial charge in [0.05, 0.1) is 11.1 Å². The highest BCUT2D eigenvalue weighted by Gasteiger charge is 2.31. The van der Waals surface area contributed by atoms with Crippen LogP contribution in [0.5, 0.6) is 0 Å². The summed E-state index contributed by atoms with van der Waals surface area (Å²) in [4.78, 5) is 11.2. The van der Waals surface area contributed by atoms with Gasteiger partial charge in [-0.2, -0.15) is 13.2 Å². The lowest BCUT2D eigenvalue weighted by molar-refractivity contribution is -0.137. The quantitative estimate of drug-likeness (QED) is 0.834. The number of carbonyl (C=O) groups is 1. The Labute approximate surface area is 121 Å². The highest BCUT2D eigenvalue weighted by atomic mass is 32.2. The lowest BCUT2D eigenvalue weighted by atomic mass is 10.2. The molecular weight excluding hydrogens is 308 g/mol. The third-order valence-corrected chi connectivity index (χ3v) is 3.65. The van der Waals surface area contributed by atoms with Gasteiger partial charge in [-0.3, -0.25) is 0 Å². The molecule has 0 aliphatic rings. The van der Waals surface area contributed by atoms with Crippen molar-refractivity contribution >= 4 is 17.7 Å². The fourth-order valence-electron chi connectivity index (χ4n) is 1.55. The molecule has 1 N–H and O–H groups in total. The summed E-state index contributed by atoms with van der Waals surface area (Å²) in [6.45, 7) is 0. The second kappa shape index (κ2) is 5.77. The van der Waals surface area contributed by atoms with Crippen LogP contribution in [0.3, 0.4) is 0 Å². The molecule has 0 heterocycles. The summed E-state index contributed by atoms with van der Waals surface area (Å²) in [6.07, 6.45) is -4.59. The maximum Gasteiger partial charge on any atom is 0.416 e. The van der Waals surface area contributed by atoms with Gasteiger partial charge in [0.2, 0.25) is 0 Å². The number of carboxylic acid groups (broad SMARTS) is 1. The third kappa shape index (κ3) is 3.75. The van der Waals surface area contributed by atoms with Crippen LogP contribution in [0, 0.1) is 5.82 Å². The van der Waals surface area contributed by atoms with Gasteiger partial charge < -0.3 is 5.11 Å². The van der Waals surface area contributed by atoms with Crippen LogP contribution in [0.2, 0.25) is 0 Å². The minimum absolute atomic E-state index is 0.0334. The Morgan fingerprint density at radius 3 is 2.14 bits per heavy atom. The largest absolute Gasteiger partial charge is 0.478 e. The number of aromatic carboxylic acids is 1. The van der Waals surface area contributed by atoms with Crippen molar-refractivity contribution in [3.8, 4) is 0 Å². The molecule has 0 aromatic heterocycles. The SMILES string of the molecule is O=C(O)c1ccc(Sc2ccc(C(F)(F)F)cc2F)cc1. The molecule has 2 rings (SSSR count). The lowest BCUT2D eigenvalue weighted by Crippen LogP contribution is -2.05. The zero-order valence-corrected chi connectivity index (χ0v) is 11.1. The number of halogens is 4. The topological polar surface area (TPSA) is 37.3 Å². The summed E-state index contributed by atoms with van der Waals surface area (Å²) in [7, 11) is 0. The minimum Gasteiger partial charge on any atom is -0.478 e. The van der Waals surface area contributed by atoms with E-state index >= 15 is 0 Å². The Morgan fingerprint density at radius 2 is 1.67 bits per heavy atom. The number of alkyl halides is 3. The highest BCUT2D eigenvalue weighted by Crippen LogP contribution is 2.35. The van der Waals surface area contributed by atoms with Crippen molar-refractivity contribution in [2.45, 2.75) is 16.0 Å². The molecule has 7 heteroatoms. The third-order valence-electron chi connectivity index (χ3n) is 2.59. The first kappa shape index (κ1) is 15.4. The number of hydrogen-bond acceptors (Lipinski definition) is 2. The summed E-state index contributed by atoms with van der Waals surface area (Å²) in [5.74, 6) is -2.07. The summed E-state index contributed by atoms with van der Waals surface area (Å²) in [6, 6.07) is 7.90. The Balaban J connectivity index is 2.22. The van der Waals surface area contributed by atoms with E-state index in [0.717, 1.165) is 23.9 Å². The molecule has 2 aromatic carbocycles. The molecule has 0 aliphatic carbocycles. The van der Waals surface area contributed by atoms with Crippen LogP contribution >= 0.6 is 11.8 Å². The molecule has 0 radical (unpaired) electrons. The van der Waals surface area contributed by atoms with Crippen LogP contribution in [-0.4, -0.2) is 11.1 Å². The van der Waals surface area contributed by atoms with Crippen molar-refractivity contribution in [1.82, 2.24) is 0 Å². The zero-order chi connectivity index (χ0) is 15.6. The van der Waals surface area contributed by atoms with Crippen LogP contribution in [0.15, 0.2) is 52.3 Å². The van der Waals surface area contributed by atoms with Crippen molar-refractivity contribution < 1.29 is 27.5 Å². The molecule has 0 amide bonds. The van der Waals surface area contributed by atoms with Crippen LogP contribution < -0.4 is 0 Å². The van der Waals surface area contributed by atoms with Crippen molar-refractivity contribution in [2.24, 2.45) is 0 Å². The first-order valence-corrected chi connectivity index (χ1v) is 6.47. The molecule has 0 saturated carbocycles. The second-order valence-corrected chi connectivity index (χ2v) is 5.19. The van der Waals surface area contributed by atoms with Gasteiger partial charge >= 0.3 is 12.1 Å². The van der Waals surface area contributed by atoms with Gasteiger partial charge in [-0.25, -0.2) is 9.18 Å². The second-order valence-electron chi connectivity index (χ2n) is 4.07. The predicted molar refractivity (Wildman–Crippen MR) is 68.9 cm³/mol. The van der Waals surface area contributed by atoms with Gasteiger partial charge in [0.25, 0.3) is 0 Å². The zero-order valence-electron chi connectivity index (χ0n) is 10.3. The molecule has 0 bridgehead atoms. The van der Waals surface area contributed by atoms with E-state index in [-0.39, 0.29) is 10.5 Å². The smallest absolute Gasteiger partial charge is 0.416 e. The van der Waals surface area contributed by atoms with Gasteiger partial charge in [-0.1, -0.05) is 11.8 Å². The van der Waals surface area contributed by atoms with Crippen LogP contribution in [0.1, 0.15) is 15.9 Å². The maximum atomic E-state index is 13.7. The van der Waals surface area contributed by atoms with E-state index < -0.39 is 23.5 Å². The van der Waals surface area contributed by atoms with Gasteiger partial charge in [0.15, 0.2) is 0 Å². The molecule has 0 aliphatic heterocycles. The summed E-state index contributed by atoms with van der Waals surface area (Å²) >= 11 is 0.919. The van der Waals surface area contributed by atoms with Gasteiger partial charge in [-0.15, -0.1) is 0 Å². The standard InChI is InChI=1S/C14H8F4O2S/c15-11-7-9(14(16,17)18)3-6-12(11)21-10-4-1-8(2-5-10)13(19)20/h1-7H,(H,19,20). The number of hydrogen-bond donors (Lipinski definition) is 1. The molecule has 0 saturated heterocycles. The number of carboxylic acids is 1. The van der Waals surface area contributed by atoms with Crippen molar-refractivity contribution in [2.75, 3.05) is 0 Å². The van der Waals surface area contributed by atoms with E-state index in [1.165, 1.54) is 24.3 Å². The fourth-order valence-corrected chi connectivity index (χ4v) is 2.37. The first-order valence-electron chi connectivity index (χ1n) is 5.65. The van der Waals surface area contributed by atoms with Gasteiger partial charge in [0.1, 0.15) is 5.82 Å². The maximum absolute atomic E-state index is 13.7. The molecule has 2 nitrogen and oxygen atoms in total. The van der Waals surface area contributed by atoms with Gasteiger partial charge in [-0.05, 0) is 42.5 Å². The summed E-state index contributed by atoms with van der Waals surface area (Å²) < 4.78 is 50.9. The van der Waals surface area contributed by atoms with E-state index in [2.05, 4.69) is 0 Å². The lowest BCUT2D eigenvalue weighted by Gasteiger charge is -2.09. The van der Waals surface area contributed by atoms with Crippen molar-refractivity contribution in [1.29, 1.82) is 0 Å². The van der Waals surface area contributed by atoms with E-state index in [1.807, 2.05) is 0 Å². The predicted octanol–water partition coefficient (Wildman–Crippen LogP) is 4.69. The summed E-state index contributed by atoms with van der Waals surface area (Å²) in [5.41, 5.74) is -0.974. The minimum atomic E-state index is -4.59. The Bertz CT molecular complexity index is 666. The van der Waals surface area contributed by atoms with E-state index in [0.29, 0.717) is 11.0 Å². The molecule has 0 atom stereocenters. The van der Waals surface area contributed by atoms with E-state index in [1.54, 1.807) is 0 Å². The molecule has 2 aromatic rings. The number of rotatable bonds is 3. The summed E-state index contributed by atoms with van der Waals surface area (Å²) in [5, 5.41) is 8.74. The van der Waals surface area contributed by atoms with E-state index in [9.17, 15) is 22.4 Å². The van der Waals surface area contributed by atoms with Crippen LogP contribution in [0.25, 0.3) is 0 Å².